The molecular weight excluding hydrogens is 368 g/mol. The molecule has 7 nitrogen and oxygen atoms in total. The van der Waals surface area contributed by atoms with Crippen LogP contribution in [0.2, 0.25) is 5.15 Å². The Hall–Kier alpha value is -3.32. The molecule has 0 spiro atoms. The van der Waals surface area contributed by atoms with Crippen LogP contribution in [0.1, 0.15) is 16.1 Å². The lowest BCUT2D eigenvalue weighted by atomic mass is 10.2. The molecular formula is C19H15ClN4O3. The van der Waals surface area contributed by atoms with Crippen molar-refractivity contribution in [1.82, 2.24) is 9.78 Å². The highest BCUT2D eigenvalue weighted by molar-refractivity contribution is 6.34. The van der Waals surface area contributed by atoms with Crippen LogP contribution in [0.25, 0.3) is 5.69 Å². The Morgan fingerprint density at radius 1 is 1.26 bits per heavy atom. The quantitative estimate of drug-likeness (QED) is 0.726. The molecule has 0 radical (unpaired) electrons. The van der Waals surface area contributed by atoms with Crippen molar-refractivity contribution >= 4 is 34.8 Å². The number of amides is 2. The summed E-state index contributed by atoms with van der Waals surface area (Å²) in [5, 5.41) is 10.1. The summed E-state index contributed by atoms with van der Waals surface area (Å²) in [5.41, 5.74) is 2.58. The lowest BCUT2D eigenvalue weighted by Gasteiger charge is -2.18. The van der Waals surface area contributed by atoms with Crippen molar-refractivity contribution in [2.45, 2.75) is 6.92 Å². The molecule has 8 heteroatoms. The van der Waals surface area contributed by atoms with Gasteiger partial charge in [0.05, 0.1) is 17.1 Å². The summed E-state index contributed by atoms with van der Waals surface area (Å²) in [6.07, 6.45) is 0. The van der Waals surface area contributed by atoms with Gasteiger partial charge >= 0.3 is 0 Å². The van der Waals surface area contributed by atoms with Gasteiger partial charge in [0.25, 0.3) is 11.8 Å². The minimum Gasteiger partial charge on any atom is -0.482 e. The first-order chi connectivity index (χ1) is 13.0. The fraction of sp³-hybridized carbons (Fsp3) is 0.105. The Balaban J connectivity index is 1.62. The zero-order chi connectivity index (χ0) is 19.0. The number of aryl methyl sites for hydroxylation is 1. The molecule has 2 N–H and O–H groups in total. The zero-order valence-electron chi connectivity index (χ0n) is 14.3. The van der Waals surface area contributed by atoms with E-state index in [4.69, 9.17) is 16.3 Å². The van der Waals surface area contributed by atoms with Crippen LogP contribution < -0.4 is 15.4 Å². The third kappa shape index (κ3) is 3.24. The molecule has 0 atom stereocenters. The van der Waals surface area contributed by atoms with Crippen LogP contribution in [0.5, 0.6) is 5.75 Å². The van der Waals surface area contributed by atoms with Gasteiger partial charge in [-0.2, -0.15) is 5.10 Å². The highest BCUT2D eigenvalue weighted by Gasteiger charge is 2.22. The van der Waals surface area contributed by atoms with Crippen LogP contribution in [0.15, 0.2) is 48.5 Å². The molecule has 1 aromatic heterocycles. The van der Waals surface area contributed by atoms with E-state index in [0.29, 0.717) is 28.4 Å². The maximum absolute atomic E-state index is 12.8. The number of ether oxygens (including phenoxy) is 1. The largest absolute Gasteiger partial charge is 0.482 e. The number of nitrogens with one attached hydrogen (secondary N) is 2. The fourth-order valence-corrected chi connectivity index (χ4v) is 3.21. The summed E-state index contributed by atoms with van der Waals surface area (Å²) in [6, 6.07) is 14.3. The second kappa shape index (κ2) is 6.77. The van der Waals surface area contributed by atoms with E-state index in [2.05, 4.69) is 15.7 Å². The predicted molar refractivity (Wildman–Crippen MR) is 102 cm³/mol. The normalized spacial score (nSPS) is 12.7. The Morgan fingerprint density at radius 3 is 2.81 bits per heavy atom. The van der Waals surface area contributed by atoms with E-state index >= 15 is 0 Å². The van der Waals surface area contributed by atoms with Gasteiger partial charge in [0.1, 0.15) is 16.5 Å². The number of nitrogens with zero attached hydrogens (tertiary/aromatic N) is 2. The number of rotatable bonds is 3. The van der Waals surface area contributed by atoms with Gasteiger partial charge in [0.2, 0.25) is 0 Å². The van der Waals surface area contributed by atoms with Crippen LogP contribution in [-0.2, 0) is 4.79 Å². The first-order valence-electron chi connectivity index (χ1n) is 8.21. The Labute approximate surface area is 159 Å². The van der Waals surface area contributed by atoms with Gasteiger partial charge in [-0.3, -0.25) is 9.59 Å². The van der Waals surface area contributed by atoms with Crippen molar-refractivity contribution in [2.75, 3.05) is 17.2 Å². The number of carbonyl (C=O) groups excluding carboxylic acids is 2. The average Bonchev–Trinajstić information content (AvgIpc) is 2.96. The smallest absolute Gasteiger partial charge is 0.262 e. The number of aromatic nitrogens is 2. The molecule has 2 amide bonds. The van der Waals surface area contributed by atoms with Crippen molar-refractivity contribution in [2.24, 2.45) is 0 Å². The van der Waals surface area contributed by atoms with Gasteiger partial charge in [0.15, 0.2) is 6.61 Å². The second-order valence-electron chi connectivity index (χ2n) is 6.00. The third-order valence-corrected chi connectivity index (χ3v) is 4.45. The van der Waals surface area contributed by atoms with Crippen LogP contribution in [0.4, 0.5) is 11.4 Å². The SMILES string of the molecule is Cc1nn(-c2ccccc2)c(Cl)c1C(=O)Nc1ccc2c(c1)NC(=O)CO2. The fourth-order valence-electron chi connectivity index (χ4n) is 2.85. The average molecular weight is 383 g/mol. The number of carbonyl (C=O) groups is 2. The van der Waals surface area contributed by atoms with E-state index in [9.17, 15) is 9.59 Å². The molecule has 2 aromatic carbocycles. The molecule has 0 saturated carbocycles. The van der Waals surface area contributed by atoms with Crippen LogP contribution in [0.3, 0.4) is 0 Å². The van der Waals surface area contributed by atoms with Gasteiger partial charge < -0.3 is 15.4 Å². The highest BCUT2D eigenvalue weighted by atomic mass is 35.5. The molecule has 27 heavy (non-hydrogen) atoms. The van der Waals surface area contributed by atoms with E-state index in [-0.39, 0.29) is 23.6 Å². The lowest BCUT2D eigenvalue weighted by molar-refractivity contribution is -0.118. The van der Waals surface area contributed by atoms with Crippen LogP contribution in [-0.4, -0.2) is 28.2 Å². The number of para-hydroxylation sites is 1. The summed E-state index contributed by atoms with van der Waals surface area (Å²) in [4.78, 5) is 24.2. The molecule has 0 fully saturated rings. The van der Waals surface area contributed by atoms with Crippen molar-refractivity contribution in [3.63, 3.8) is 0 Å². The van der Waals surface area contributed by atoms with Crippen molar-refractivity contribution < 1.29 is 14.3 Å². The van der Waals surface area contributed by atoms with Gasteiger partial charge in [-0.25, -0.2) is 4.68 Å². The van der Waals surface area contributed by atoms with Gasteiger partial charge in [-0.1, -0.05) is 29.8 Å². The summed E-state index contributed by atoms with van der Waals surface area (Å²) in [7, 11) is 0. The second-order valence-corrected chi connectivity index (χ2v) is 6.36. The first kappa shape index (κ1) is 17.1. The van der Waals surface area contributed by atoms with E-state index in [1.165, 1.54) is 4.68 Å². The minimum absolute atomic E-state index is 0.0216. The third-order valence-electron chi connectivity index (χ3n) is 4.10. The molecule has 0 bridgehead atoms. The van der Waals surface area contributed by atoms with E-state index in [0.717, 1.165) is 5.69 Å². The first-order valence-corrected chi connectivity index (χ1v) is 8.59. The molecule has 136 valence electrons. The predicted octanol–water partition coefficient (Wildman–Crippen LogP) is 3.42. The van der Waals surface area contributed by atoms with E-state index in [1.807, 2.05) is 30.3 Å². The summed E-state index contributed by atoms with van der Waals surface area (Å²) < 4.78 is 6.83. The summed E-state index contributed by atoms with van der Waals surface area (Å²) in [6.45, 7) is 1.70. The minimum atomic E-state index is -0.386. The summed E-state index contributed by atoms with van der Waals surface area (Å²) in [5.74, 6) is -0.0737. The van der Waals surface area contributed by atoms with Crippen LogP contribution in [0, 0.1) is 6.92 Å². The number of hydrogen-bond donors (Lipinski definition) is 2. The Kier molecular flexibility index (Phi) is 4.29. The highest BCUT2D eigenvalue weighted by Crippen LogP contribution is 2.31. The molecule has 3 aromatic rings. The van der Waals surface area contributed by atoms with Gasteiger partial charge in [-0.15, -0.1) is 0 Å². The number of hydrogen-bond acceptors (Lipinski definition) is 4. The summed E-state index contributed by atoms with van der Waals surface area (Å²) >= 11 is 6.42. The Morgan fingerprint density at radius 2 is 2.04 bits per heavy atom. The van der Waals surface area contributed by atoms with Crippen molar-refractivity contribution in [3.8, 4) is 11.4 Å². The number of fused-ring (bicyclic) bond motifs is 1. The van der Waals surface area contributed by atoms with E-state index < -0.39 is 0 Å². The molecule has 4 rings (SSSR count). The molecule has 1 aliphatic heterocycles. The lowest BCUT2D eigenvalue weighted by Crippen LogP contribution is -2.25. The monoisotopic (exact) mass is 382 g/mol. The number of anilines is 2. The molecule has 1 aliphatic rings. The van der Waals surface area contributed by atoms with Crippen molar-refractivity contribution in [3.05, 3.63) is 64.9 Å². The van der Waals surface area contributed by atoms with Crippen LogP contribution >= 0.6 is 11.6 Å². The standard InChI is InChI=1S/C19H15ClN4O3/c1-11-17(18(20)24(23-11)13-5-3-2-4-6-13)19(26)21-12-7-8-15-14(9-12)22-16(25)10-27-15/h2-9H,10H2,1H3,(H,21,26)(H,22,25). The maximum atomic E-state index is 12.8. The Bertz CT molecular complexity index is 1050. The molecule has 2 heterocycles. The molecule has 0 aliphatic carbocycles. The maximum Gasteiger partial charge on any atom is 0.262 e. The number of halogens is 1. The zero-order valence-corrected chi connectivity index (χ0v) is 15.1. The van der Waals surface area contributed by atoms with Gasteiger partial charge in [0, 0.05) is 5.69 Å². The van der Waals surface area contributed by atoms with Gasteiger partial charge in [-0.05, 0) is 37.3 Å². The molecule has 0 unspecified atom stereocenters. The topological polar surface area (TPSA) is 85.3 Å². The van der Waals surface area contributed by atoms with E-state index in [1.54, 1.807) is 25.1 Å². The van der Waals surface area contributed by atoms with Crippen molar-refractivity contribution in [1.29, 1.82) is 0 Å². The number of benzene rings is 2. The molecule has 0 saturated heterocycles.